The fraction of sp³-hybridized carbons (Fsp3) is 0.294. The Kier molecular flexibility index (Phi) is 3.91. The predicted molar refractivity (Wildman–Crippen MR) is 79.3 cm³/mol. The number of nitrogens with two attached hydrogens (primary N) is 1. The van der Waals surface area contributed by atoms with Crippen LogP contribution in [-0.4, -0.2) is 11.1 Å². The molecule has 1 unspecified atom stereocenters. The van der Waals surface area contributed by atoms with Crippen LogP contribution in [-0.2, 0) is 11.8 Å². The van der Waals surface area contributed by atoms with Crippen molar-refractivity contribution < 1.29 is 5.11 Å². The molecule has 0 aromatic heterocycles. The Bertz CT molecular complexity index is 534. The van der Waals surface area contributed by atoms with Gasteiger partial charge >= 0.3 is 0 Å². The number of hydrogen-bond acceptors (Lipinski definition) is 2. The molecule has 2 nitrogen and oxygen atoms in total. The quantitative estimate of drug-likeness (QED) is 0.881. The van der Waals surface area contributed by atoms with Gasteiger partial charge in [0.15, 0.2) is 0 Å². The molecule has 0 amide bonds. The van der Waals surface area contributed by atoms with Gasteiger partial charge in [0.05, 0.1) is 0 Å². The number of hydrogen-bond donors (Lipinski definition) is 2. The molecule has 0 fully saturated rings. The van der Waals surface area contributed by atoms with E-state index in [9.17, 15) is 5.11 Å². The molecule has 1 atom stereocenters. The fourth-order valence-corrected chi connectivity index (χ4v) is 2.27. The monoisotopic (exact) mass is 255 g/mol. The minimum Gasteiger partial charge on any atom is -0.508 e. The number of phenols is 1. The third-order valence-electron chi connectivity index (χ3n) is 3.81. The Morgan fingerprint density at radius 1 is 1.05 bits per heavy atom. The lowest BCUT2D eigenvalue weighted by atomic mass is 9.76. The number of rotatable bonds is 4. The van der Waals surface area contributed by atoms with Crippen LogP contribution in [0.1, 0.15) is 25.0 Å². The van der Waals surface area contributed by atoms with Crippen molar-refractivity contribution in [2.75, 3.05) is 0 Å². The van der Waals surface area contributed by atoms with E-state index in [1.807, 2.05) is 30.3 Å². The molecule has 0 bridgehead atoms. The molecular formula is C17H21NO. The summed E-state index contributed by atoms with van der Waals surface area (Å²) in [5, 5.41) is 9.50. The molecule has 100 valence electrons. The van der Waals surface area contributed by atoms with Crippen LogP contribution in [0, 0.1) is 0 Å². The van der Waals surface area contributed by atoms with E-state index < -0.39 is 0 Å². The van der Waals surface area contributed by atoms with E-state index >= 15 is 0 Å². The fourth-order valence-electron chi connectivity index (χ4n) is 2.27. The van der Waals surface area contributed by atoms with Gasteiger partial charge in [0, 0.05) is 11.5 Å². The lowest BCUT2D eigenvalue weighted by Gasteiger charge is -2.32. The standard InChI is InChI=1S/C17H21NO/c1-17(2,14-8-4-3-5-9-14)16(18)12-13-7-6-10-15(19)11-13/h3-11,16,19H,12,18H2,1-2H3. The van der Waals surface area contributed by atoms with Crippen LogP contribution in [0.3, 0.4) is 0 Å². The van der Waals surface area contributed by atoms with Crippen molar-refractivity contribution in [3.8, 4) is 5.75 Å². The van der Waals surface area contributed by atoms with Crippen LogP contribution in [0.5, 0.6) is 5.75 Å². The van der Waals surface area contributed by atoms with E-state index in [0.29, 0.717) is 5.75 Å². The van der Waals surface area contributed by atoms with Gasteiger partial charge in [-0.1, -0.05) is 56.3 Å². The van der Waals surface area contributed by atoms with E-state index in [1.165, 1.54) is 5.56 Å². The number of aromatic hydroxyl groups is 1. The maximum Gasteiger partial charge on any atom is 0.115 e. The van der Waals surface area contributed by atoms with E-state index in [1.54, 1.807) is 12.1 Å². The molecule has 19 heavy (non-hydrogen) atoms. The van der Waals surface area contributed by atoms with E-state index in [0.717, 1.165) is 12.0 Å². The van der Waals surface area contributed by atoms with Crippen LogP contribution < -0.4 is 5.73 Å². The Balaban J connectivity index is 2.17. The van der Waals surface area contributed by atoms with Crippen molar-refractivity contribution in [1.82, 2.24) is 0 Å². The second kappa shape index (κ2) is 5.45. The van der Waals surface area contributed by atoms with Gasteiger partial charge in [-0.15, -0.1) is 0 Å². The molecule has 0 saturated heterocycles. The first kappa shape index (κ1) is 13.6. The third kappa shape index (κ3) is 3.15. The van der Waals surface area contributed by atoms with Gasteiger partial charge in [-0.3, -0.25) is 0 Å². The average Bonchev–Trinajstić information content (AvgIpc) is 2.39. The molecule has 2 heteroatoms. The maximum atomic E-state index is 9.50. The van der Waals surface area contributed by atoms with Gasteiger partial charge in [0.25, 0.3) is 0 Å². The third-order valence-corrected chi connectivity index (χ3v) is 3.81. The molecule has 0 saturated carbocycles. The van der Waals surface area contributed by atoms with Crippen LogP contribution in [0.25, 0.3) is 0 Å². The zero-order valence-corrected chi connectivity index (χ0v) is 11.5. The molecule has 2 aromatic carbocycles. The normalized spacial score (nSPS) is 13.2. The minimum absolute atomic E-state index is 0.00306. The first-order valence-electron chi connectivity index (χ1n) is 6.59. The maximum absolute atomic E-state index is 9.50. The highest BCUT2D eigenvalue weighted by Crippen LogP contribution is 2.28. The van der Waals surface area contributed by atoms with E-state index in [-0.39, 0.29) is 11.5 Å². The van der Waals surface area contributed by atoms with Gasteiger partial charge in [-0.05, 0) is 29.7 Å². The van der Waals surface area contributed by atoms with Crippen molar-refractivity contribution in [3.63, 3.8) is 0 Å². The van der Waals surface area contributed by atoms with E-state index in [2.05, 4.69) is 26.0 Å². The van der Waals surface area contributed by atoms with Gasteiger partial charge in [-0.25, -0.2) is 0 Å². The number of phenolic OH excluding ortho intramolecular Hbond substituents is 1. The average molecular weight is 255 g/mol. The molecule has 0 heterocycles. The Morgan fingerprint density at radius 2 is 1.74 bits per heavy atom. The van der Waals surface area contributed by atoms with Crippen molar-refractivity contribution in [2.45, 2.75) is 31.7 Å². The molecule has 0 spiro atoms. The summed E-state index contributed by atoms with van der Waals surface area (Å²) in [4.78, 5) is 0. The van der Waals surface area contributed by atoms with Gasteiger partial charge in [-0.2, -0.15) is 0 Å². The summed E-state index contributed by atoms with van der Waals surface area (Å²) < 4.78 is 0. The Morgan fingerprint density at radius 3 is 2.37 bits per heavy atom. The highest BCUT2D eigenvalue weighted by atomic mass is 16.3. The second-order valence-corrected chi connectivity index (χ2v) is 5.57. The molecular weight excluding hydrogens is 234 g/mol. The predicted octanol–water partition coefficient (Wildman–Crippen LogP) is 3.24. The van der Waals surface area contributed by atoms with Gasteiger partial charge in [0.1, 0.15) is 5.75 Å². The summed E-state index contributed by atoms with van der Waals surface area (Å²) in [5.74, 6) is 0.294. The molecule has 0 radical (unpaired) electrons. The molecule has 2 aromatic rings. The largest absolute Gasteiger partial charge is 0.508 e. The smallest absolute Gasteiger partial charge is 0.115 e. The lowest BCUT2D eigenvalue weighted by molar-refractivity contribution is 0.405. The molecule has 0 aliphatic rings. The van der Waals surface area contributed by atoms with Gasteiger partial charge < -0.3 is 10.8 Å². The summed E-state index contributed by atoms with van der Waals surface area (Å²) in [6.07, 6.45) is 0.746. The van der Waals surface area contributed by atoms with E-state index in [4.69, 9.17) is 5.73 Å². The summed E-state index contributed by atoms with van der Waals surface area (Å²) in [6, 6.07) is 17.6. The van der Waals surface area contributed by atoms with Crippen molar-refractivity contribution in [2.24, 2.45) is 5.73 Å². The summed E-state index contributed by atoms with van der Waals surface area (Å²) in [5.41, 5.74) is 8.58. The summed E-state index contributed by atoms with van der Waals surface area (Å²) >= 11 is 0. The van der Waals surface area contributed by atoms with Crippen molar-refractivity contribution >= 4 is 0 Å². The van der Waals surface area contributed by atoms with Crippen LogP contribution in [0.15, 0.2) is 54.6 Å². The molecule has 3 N–H and O–H groups in total. The number of benzene rings is 2. The lowest BCUT2D eigenvalue weighted by Crippen LogP contribution is -2.42. The van der Waals surface area contributed by atoms with Crippen molar-refractivity contribution in [1.29, 1.82) is 0 Å². The molecule has 0 aliphatic carbocycles. The highest BCUT2D eigenvalue weighted by molar-refractivity contribution is 5.30. The first-order chi connectivity index (χ1) is 9.00. The highest BCUT2D eigenvalue weighted by Gasteiger charge is 2.28. The van der Waals surface area contributed by atoms with Crippen LogP contribution >= 0.6 is 0 Å². The second-order valence-electron chi connectivity index (χ2n) is 5.57. The van der Waals surface area contributed by atoms with Gasteiger partial charge in [0.2, 0.25) is 0 Å². The Labute approximate surface area is 114 Å². The molecule has 0 aliphatic heterocycles. The van der Waals surface area contributed by atoms with Crippen LogP contribution in [0.4, 0.5) is 0 Å². The minimum atomic E-state index is -0.104. The SMILES string of the molecule is CC(C)(c1ccccc1)C(N)Cc1cccc(O)c1. The summed E-state index contributed by atoms with van der Waals surface area (Å²) in [7, 11) is 0. The van der Waals surface area contributed by atoms with Crippen molar-refractivity contribution in [3.05, 3.63) is 65.7 Å². The topological polar surface area (TPSA) is 46.2 Å². The summed E-state index contributed by atoms with van der Waals surface area (Å²) in [6.45, 7) is 4.32. The first-order valence-corrected chi connectivity index (χ1v) is 6.59. The zero-order valence-electron chi connectivity index (χ0n) is 11.5. The molecule has 2 rings (SSSR count). The Hall–Kier alpha value is -1.80. The zero-order chi connectivity index (χ0) is 13.9. The van der Waals surface area contributed by atoms with Crippen LogP contribution in [0.2, 0.25) is 0 Å².